The van der Waals surface area contributed by atoms with E-state index in [0.717, 1.165) is 78.5 Å². The molecule has 0 saturated carbocycles. The van der Waals surface area contributed by atoms with Crippen LogP contribution >= 0.6 is 0 Å². The zero-order valence-corrected chi connectivity index (χ0v) is 23.7. The van der Waals surface area contributed by atoms with Crippen molar-refractivity contribution in [3.63, 3.8) is 0 Å². The molecule has 0 atom stereocenters. The molecule has 12 N–H and O–H groups in total. The Labute approximate surface area is 243 Å². The number of fused-ring (bicyclic) bond motifs is 18. The molecule has 17 heteroatoms. The fraction of sp³-hybridized carbons (Fsp3) is 0.571. The van der Waals surface area contributed by atoms with E-state index in [0.29, 0.717) is 0 Å². The van der Waals surface area contributed by atoms with E-state index in [2.05, 4.69) is 56.5 Å². The Morgan fingerprint density at radius 2 is 0.737 bits per heavy atom. The van der Waals surface area contributed by atoms with Crippen LogP contribution < -0.4 is 83.9 Å². The summed E-state index contributed by atoms with van der Waals surface area (Å²) in [6, 6.07) is 0. The first-order valence-corrected chi connectivity index (χ1v) is 11.4. The van der Waals surface area contributed by atoms with Crippen molar-refractivity contribution in [2.75, 3.05) is 78.5 Å². The van der Waals surface area contributed by atoms with Gasteiger partial charge in [0.25, 0.3) is 0 Å². The summed E-state index contributed by atoms with van der Waals surface area (Å²) in [5.74, 6) is 0. The molecule has 0 aromatic rings. The molecule has 0 spiro atoms. The van der Waals surface area contributed by atoms with Gasteiger partial charge in [-0.05, 0) is 0 Å². The molecule has 3 heterocycles. The van der Waals surface area contributed by atoms with Crippen molar-refractivity contribution in [3.8, 4) is 0 Å². The summed E-state index contributed by atoms with van der Waals surface area (Å²) >= 11 is 0. The molecule has 38 heavy (non-hydrogen) atoms. The minimum atomic E-state index is 0. The number of hydrogen-bond acceptors (Lipinski definition) is 8. The van der Waals surface area contributed by atoms with E-state index in [1.54, 1.807) is 0 Å². The normalized spacial score (nSPS) is 22.6. The summed E-state index contributed by atoms with van der Waals surface area (Å²) in [6.07, 6.45) is 18.2. The van der Waals surface area contributed by atoms with Gasteiger partial charge in [-0.2, -0.15) is 0 Å². The number of nitrogens with zero attached hydrogens (tertiary/aromatic N) is 2. The molecular formula is C21H45Cl3N8O6. The van der Waals surface area contributed by atoms with Crippen LogP contribution in [0.2, 0.25) is 0 Å². The van der Waals surface area contributed by atoms with E-state index >= 15 is 0 Å². The average Bonchev–Trinajstić information content (AvgIpc) is 2.91. The molecule has 14 nitrogen and oxygen atoms in total. The lowest BCUT2D eigenvalue weighted by atomic mass is 10.4. The van der Waals surface area contributed by atoms with E-state index in [-0.39, 0.29) is 37.2 Å². The molecule has 0 radical (unpaired) electrons. The van der Waals surface area contributed by atoms with Crippen molar-refractivity contribution in [2.24, 2.45) is 0 Å². The summed E-state index contributed by atoms with van der Waals surface area (Å²) in [6.45, 7) is 11.6. The first-order chi connectivity index (χ1) is 17.4. The largest absolute Gasteiger partial charge is 1.00 e. The van der Waals surface area contributed by atoms with Crippen molar-refractivity contribution >= 4 is 18.6 Å². The van der Waals surface area contributed by atoms with Gasteiger partial charge in [0, 0.05) is 76.1 Å². The minimum Gasteiger partial charge on any atom is -1.00 e. The van der Waals surface area contributed by atoms with Crippen LogP contribution in [0.4, 0.5) is 0 Å². The number of rotatable bonds is 0. The Balaban J connectivity index is -0.000000376. The second-order valence-corrected chi connectivity index (χ2v) is 6.99. The van der Waals surface area contributed by atoms with Crippen LogP contribution in [-0.2, 0) is 0 Å². The molecule has 226 valence electrons. The van der Waals surface area contributed by atoms with E-state index in [4.69, 9.17) is 15.8 Å². The van der Waals surface area contributed by atoms with Crippen molar-refractivity contribution in [1.29, 1.82) is 0 Å². The second-order valence-electron chi connectivity index (χ2n) is 6.99. The van der Waals surface area contributed by atoms with Gasteiger partial charge in [-0.15, -0.1) is 0 Å². The van der Waals surface area contributed by atoms with Crippen LogP contribution in [0.3, 0.4) is 0 Å². The van der Waals surface area contributed by atoms with Crippen molar-refractivity contribution in [1.82, 2.24) is 25.8 Å². The molecule has 0 saturated heterocycles. The third-order valence-electron chi connectivity index (χ3n) is 4.72. The Hall–Kier alpha value is -1.82. The Morgan fingerprint density at radius 1 is 0.474 bits per heavy atom. The molecule has 0 unspecified atom stereocenters. The van der Waals surface area contributed by atoms with Gasteiger partial charge < -0.3 is 84.7 Å². The van der Waals surface area contributed by atoms with Gasteiger partial charge >= 0.3 is 0 Å². The SMILES string of the molecule is C1=[NH+]CCN2CC[NH+]=C/C=C/NCCN(CCN/C=C/1)CCN/C=C/C=[NH+]CC2.[Cl-].[Cl-].[Cl-].[O-][OH2+].[O-][OH2+].[O-][OH2+]. The van der Waals surface area contributed by atoms with E-state index in [1.807, 2.05) is 55.5 Å². The van der Waals surface area contributed by atoms with Crippen LogP contribution in [0.25, 0.3) is 0 Å². The average molecular weight is 612 g/mol. The predicted molar refractivity (Wildman–Crippen MR) is 131 cm³/mol. The number of nitrogens with one attached hydrogen (secondary N) is 6. The summed E-state index contributed by atoms with van der Waals surface area (Å²) in [4.78, 5) is 15.1. The molecule has 2 bridgehead atoms. The monoisotopic (exact) mass is 610 g/mol. The molecule has 0 fully saturated rings. The Bertz CT molecular complexity index is 537. The summed E-state index contributed by atoms with van der Waals surface area (Å²) in [5, 5.41) is 46.1. The van der Waals surface area contributed by atoms with Gasteiger partial charge in [0.15, 0.2) is 38.3 Å². The quantitative estimate of drug-likeness (QED) is 0.0874. The number of hydrogen-bond donors (Lipinski definition) is 6. The maximum atomic E-state index is 7.50. The van der Waals surface area contributed by atoms with E-state index in [9.17, 15) is 0 Å². The Morgan fingerprint density at radius 3 is 1.03 bits per heavy atom. The third-order valence-corrected chi connectivity index (χ3v) is 4.72. The van der Waals surface area contributed by atoms with Crippen molar-refractivity contribution < 1.29 is 83.7 Å². The highest BCUT2D eigenvalue weighted by molar-refractivity contribution is 5.65. The molecule has 3 rings (SSSR count). The van der Waals surface area contributed by atoms with Gasteiger partial charge in [-0.1, -0.05) is 0 Å². The standard InChI is InChI=1S/C21H36N8.3ClH.3H2O2/c1-4-22-10-16-28-18-12-24-6-2-7-25-13-19-29(17-11-23-5-1)21-15-27-9-3-8-26-14-20-28;;;;3*1-2/h1-9,22,24,26H,10-21H2;3*1H;3*1H2/b4-1+,6-2+,8-3+,23-5?,25-7?,27-9?;;;;;;. The lowest BCUT2D eigenvalue weighted by Gasteiger charge is -2.22. The zero-order valence-electron chi connectivity index (χ0n) is 21.4. The maximum Gasteiger partial charge on any atom is 0.163 e. The van der Waals surface area contributed by atoms with Crippen molar-refractivity contribution in [3.05, 3.63) is 36.8 Å². The Kier molecular flexibility index (Phi) is 51.2. The highest BCUT2D eigenvalue weighted by Crippen LogP contribution is 1.86. The molecule has 0 aliphatic carbocycles. The smallest absolute Gasteiger partial charge is 0.163 e. The van der Waals surface area contributed by atoms with Gasteiger partial charge in [0.2, 0.25) is 0 Å². The van der Waals surface area contributed by atoms with Crippen LogP contribution in [0.5, 0.6) is 0 Å². The predicted octanol–water partition coefficient (Wildman–Crippen LogP) is -20.6. The fourth-order valence-electron chi connectivity index (χ4n) is 3.06. The fourth-order valence-corrected chi connectivity index (χ4v) is 3.06. The van der Waals surface area contributed by atoms with E-state index < -0.39 is 0 Å². The highest BCUT2D eigenvalue weighted by Gasteiger charge is 2.07. The first-order valence-electron chi connectivity index (χ1n) is 11.4. The maximum absolute atomic E-state index is 7.50. The van der Waals surface area contributed by atoms with Gasteiger partial charge in [0.1, 0.15) is 0 Å². The second kappa shape index (κ2) is 42.3. The zero-order chi connectivity index (χ0) is 26.2. The highest BCUT2D eigenvalue weighted by atomic mass is 35.5. The van der Waals surface area contributed by atoms with Gasteiger partial charge in [-0.25, -0.2) is 15.0 Å². The lowest BCUT2D eigenvalue weighted by Crippen LogP contribution is -3.00. The minimum absolute atomic E-state index is 0. The van der Waals surface area contributed by atoms with Crippen LogP contribution in [0.15, 0.2) is 36.8 Å². The van der Waals surface area contributed by atoms with Gasteiger partial charge in [0.05, 0.1) is 19.6 Å². The lowest BCUT2D eigenvalue weighted by molar-refractivity contribution is -0.670. The molecular weight excluding hydrogens is 567 g/mol. The van der Waals surface area contributed by atoms with Crippen LogP contribution in [-0.4, -0.2) is 123 Å². The van der Waals surface area contributed by atoms with Crippen LogP contribution in [0, 0.1) is 0 Å². The molecule has 0 amide bonds. The summed E-state index contributed by atoms with van der Waals surface area (Å²) in [5.41, 5.74) is 0. The third kappa shape index (κ3) is 32.2. The first kappa shape index (κ1) is 46.1. The molecule has 0 aromatic carbocycles. The van der Waals surface area contributed by atoms with Crippen LogP contribution in [0.1, 0.15) is 0 Å². The van der Waals surface area contributed by atoms with Crippen molar-refractivity contribution in [2.45, 2.75) is 0 Å². The summed E-state index contributed by atoms with van der Waals surface area (Å²) in [7, 11) is 0. The molecule has 3 aliphatic rings. The van der Waals surface area contributed by atoms with E-state index in [1.165, 1.54) is 0 Å². The summed E-state index contributed by atoms with van der Waals surface area (Å²) < 4.78 is 0. The van der Waals surface area contributed by atoms with Gasteiger partial charge in [-0.3, -0.25) is 9.80 Å². The number of allylic oxidation sites excluding steroid dienone is 3. The number of halogens is 3. The topological polar surface area (TPSA) is 222 Å². The molecule has 3 aliphatic heterocycles. The molecule has 0 aromatic heterocycles.